The lowest BCUT2D eigenvalue weighted by atomic mass is 9.97. The van der Waals surface area contributed by atoms with Gasteiger partial charge in [0.1, 0.15) is 0 Å². The third kappa shape index (κ3) is 8.31. The Labute approximate surface area is 89.5 Å². The third-order valence-electron chi connectivity index (χ3n) is 2.50. The molecule has 0 saturated carbocycles. The van der Waals surface area contributed by atoms with Crippen LogP contribution in [0.2, 0.25) is 0 Å². The second-order valence-corrected chi connectivity index (χ2v) is 3.98. The van der Waals surface area contributed by atoms with Gasteiger partial charge in [-0.25, -0.2) is 0 Å². The van der Waals surface area contributed by atoms with E-state index in [9.17, 15) is 0 Å². The van der Waals surface area contributed by atoms with E-state index in [4.69, 9.17) is 4.74 Å². The highest BCUT2D eigenvalue weighted by atomic mass is 16.5. The van der Waals surface area contributed by atoms with Gasteiger partial charge < -0.3 is 4.74 Å². The molecule has 0 aromatic rings. The van der Waals surface area contributed by atoms with Gasteiger partial charge in [-0.15, -0.1) is 6.58 Å². The predicted octanol–water partition coefficient (Wildman–Crippen LogP) is 4.19. The lowest BCUT2D eigenvalue weighted by Crippen LogP contribution is -2.09. The van der Waals surface area contributed by atoms with Gasteiger partial charge in [-0.3, -0.25) is 0 Å². The quantitative estimate of drug-likeness (QED) is 0.378. The van der Waals surface area contributed by atoms with Crippen LogP contribution in [0.1, 0.15) is 52.4 Å². The number of hydrogen-bond acceptors (Lipinski definition) is 1. The molecule has 0 amide bonds. The molecule has 0 N–H and O–H groups in total. The first-order valence-electron chi connectivity index (χ1n) is 6.03. The normalized spacial score (nSPS) is 12.7. The van der Waals surface area contributed by atoms with E-state index < -0.39 is 0 Å². The first-order chi connectivity index (χ1) is 6.85. The molecule has 14 heavy (non-hydrogen) atoms. The molecule has 0 aromatic heterocycles. The highest BCUT2D eigenvalue weighted by molar-refractivity contribution is 4.65. The average Bonchev–Trinajstić information content (AvgIpc) is 2.18. The maximum Gasteiger partial charge on any atom is 0.0644 e. The summed E-state index contributed by atoms with van der Waals surface area (Å²) in [7, 11) is 0. The van der Waals surface area contributed by atoms with Crippen LogP contribution in [0.15, 0.2) is 12.7 Å². The fourth-order valence-electron chi connectivity index (χ4n) is 1.72. The zero-order valence-electron chi connectivity index (χ0n) is 9.93. The summed E-state index contributed by atoms with van der Waals surface area (Å²) in [6.07, 6.45) is 9.77. The van der Waals surface area contributed by atoms with Crippen molar-refractivity contribution in [2.24, 2.45) is 5.92 Å². The van der Waals surface area contributed by atoms with Crippen molar-refractivity contribution in [3.8, 4) is 0 Å². The second kappa shape index (κ2) is 10.8. The van der Waals surface area contributed by atoms with Gasteiger partial charge in [0.25, 0.3) is 0 Å². The topological polar surface area (TPSA) is 9.23 Å². The van der Waals surface area contributed by atoms with Crippen molar-refractivity contribution in [3.63, 3.8) is 0 Å². The summed E-state index contributed by atoms with van der Waals surface area (Å²) >= 11 is 0. The highest BCUT2D eigenvalue weighted by Crippen LogP contribution is 2.15. The van der Waals surface area contributed by atoms with Crippen LogP contribution in [0.25, 0.3) is 0 Å². The molecule has 0 radical (unpaired) electrons. The summed E-state index contributed by atoms with van der Waals surface area (Å²) in [5, 5.41) is 0. The van der Waals surface area contributed by atoms with Crippen LogP contribution in [0, 0.1) is 5.92 Å². The van der Waals surface area contributed by atoms with Crippen molar-refractivity contribution < 1.29 is 4.74 Å². The molecule has 0 aliphatic heterocycles. The van der Waals surface area contributed by atoms with Gasteiger partial charge in [0, 0.05) is 6.61 Å². The smallest absolute Gasteiger partial charge is 0.0644 e. The van der Waals surface area contributed by atoms with E-state index in [0.29, 0.717) is 6.61 Å². The maximum absolute atomic E-state index is 5.51. The van der Waals surface area contributed by atoms with Crippen molar-refractivity contribution in [2.45, 2.75) is 52.4 Å². The van der Waals surface area contributed by atoms with Crippen LogP contribution in [0.4, 0.5) is 0 Å². The van der Waals surface area contributed by atoms with E-state index in [0.717, 1.165) is 12.5 Å². The molecule has 1 nitrogen and oxygen atoms in total. The Morgan fingerprint density at radius 1 is 1.14 bits per heavy atom. The minimum atomic E-state index is 0.702. The van der Waals surface area contributed by atoms with E-state index in [1.54, 1.807) is 0 Å². The lowest BCUT2D eigenvalue weighted by Gasteiger charge is -2.15. The highest BCUT2D eigenvalue weighted by Gasteiger charge is 2.06. The molecular formula is C13H26O. The molecule has 1 heteroatoms. The Morgan fingerprint density at radius 2 is 1.93 bits per heavy atom. The monoisotopic (exact) mass is 198 g/mol. The van der Waals surface area contributed by atoms with Gasteiger partial charge in [-0.1, -0.05) is 45.6 Å². The zero-order valence-corrected chi connectivity index (χ0v) is 9.93. The largest absolute Gasteiger partial charge is 0.377 e. The minimum absolute atomic E-state index is 0.702. The van der Waals surface area contributed by atoms with E-state index >= 15 is 0 Å². The van der Waals surface area contributed by atoms with Gasteiger partial charge in [-0.2, -0.15) is 0 Å². The second-order valence-electron chi connectivity index (χ2n) is 3.98. The molecule has 84 valence electrons. The summed E-state index contributed by atoms with van der Waals surface area (Å²) in [4.78, 5) is 0. The molecule has 0 spiro atoms. The molecular weight excluding hydrogens is 172 g/mol. The molecule has 1 atom stereocenters. The number of hydrogen-bond donors (Lipinski definition) is 0. The number of unbranched alkanes of at least 4 members (excludes halogenated alkanes) is 2. The van der Waals surface area contributed by atoms with Crippen LogP contribution >= 0.6 is 0 Å². The molecule has 1 unspecified atom stereocenters. The van der Waals surface area contributed by atoms with Crippen molar-refractivity contribution >= 4 is 0 Å². The SMILES string of the molecule is C=CCOCC(CCC)CCCCC. The number of ether oxygens (including phenoxy) is 1. The average molecular weight is 198 g/mol. The van der Waals surface area contributed by atoms with Gasteiger partial charge in [-0.05, 0) is 18.8 Å². The van der Waals surface area contributed by atoms with Crippen LogP contribution < -0.4 is 0 Å². The van der Waals surface area contributed by atoms with Crippen molar-refractivity contribution in [3.05, 3.63) is 12.7 Å². The van der Waals surface area contributed by atoms with Crippen LogP contribution in [-0.2, 0) is 4.74 Å². The first kappa shape index (κ1) is 13.7. The standard InChI is InChI=1S/C13H26O/c1-4-7-8-10-13(9-5-2)12-14-11-6-3/h6,13H,3-5,7-12H2,1-2H3. The molecule has 0 bridgehead atoms. The summed E-state index contributed by atoms with van der Waals surface area (Å²) < 4.78 is 5.51. The molecule has 0 rings (SSSR count). The molecule has 0 aliphatic carbocycles. The van der Waals surface area contributed by atoms with Crippen LogP contribution in [0.5, 0.6) is 0 Å². The van der Waals surface area contributed by atoms with Gasteiger partial charge >= 0.3 is 0 Å². The van der Waals surface area contributed by atoms with E-state index in [1.165, 1.54) is 38.5 Å². The Kier molecular flexibility index (Phi) is 10.5. The van der Waals surface area contributed by atoms with Gasteiger partial charge in [0.05, 0.1) is 6.61 Å². The third-order valence-corrected chi connectivity index (χ3v) is 2.50. The van der Waals surface area contributed by atoms with Gasteiger partial charge in [0.15, 0.2) is 0 Å². The fraction of sp³-hybridized carbons (Fsp3) is 0.846. The predicted molar refractivity (Wildman–Crippen MR) is 63.6 cm³/mol. The summed E-state index contributed by atoms with van der Waals surface area (Å²) in [6.45, 7) is 9.78. The molecule has 0 aliphatic rings. The minimum Gasteiger partial charge on any atom is -0.377 e. The van der Waals surface area contributed by atoms with Crippen LogP contribution in [0.3, 0.4) is 0 Å². The summed E-state index contributed by atoms with van der Waals surface area (Å²) in [5.74, 6) is 0.770. The summed E-state index contributed by atoms with van der Waals surface area (Å²) in [6, 6.07) is 0. The van der Waals surface area contributed by atoms with E-state index in [1.807, 2.05) is 6.08 Å². The zero-order chi connectivity index (χ0) is 10.6. The molecule has 0 saturated heterocycles. The van der Waals surface area contributed by atoms with Crippen molar-refractivity contribution in [1.29, 1.82) is 0 Å². The molecule has 0 heterocycles. The van der Waals surface area contributed by atoms with E-state index in [-0.39, 0.29) is 0 Å². The fourth-order valence-corrected chi connectivity index (χ4v) is 1.72. The Balaban J connectivity index is 3.48. The van der Waals surface area contributed by atoms with Crippen molar-refractivity contribution in [1.82, 2.24) is 0 Å². The molecule has 0 fully saturated rings. The Bertz CT molecular complexity index is 120. The van der Waals surface area contributed by atoms with Crippen molar-refractivity contribution in [2.75, 3.05) is 13.2 Å². The Hall–Kier alpha value is -0.300. The van der Waals surface area contributed by atoms with Gasteiger partial charge in [0.2, 0.25) is 0 Å². The maximum atomic E-state index is 5.51. The Morgan fingerprint density at radius 3 is 2.50 bits per heavy atom. The summed E-state index contributed by atoms with van der Waals surface area (Å²) in [5.41, 5.74) is 0. The lowest BCUT2D eigenvalue weighted by molar-refractivity contribution is 0.114. The molecule has 0 aromatic carbocycles. The number of rotatable bonds is 10. The van der Waals surface area contributed by atoms with E-state index in [2.05, 4.69) is 20.4 Å². The first-order valence-corrected chi connectivity index (χ1v) is 6.03. The van der Waals surface area contributed by atoms with Crippen LogP contribution in [-0.4, -0.2) is 13.2 Å².